The number of benzene rings is 1. The molecule has 0 atom stereocenters. The average Bonchev–Trinajstić information content (AvgIpc) is 2.39. The van der Waals surface area contributed by atoms with Gasteiger partial charge in [-0.05, 0) is 25.0 Å². The van der Waals surface area contributed by atoms with Crippen LogP contribution in [0.1, 0.15) is 25.0 Å². The van der Waals surface area contributed by atoms with Gasteiger partial charge in [-0.2, -0.15) is 0 Å². The third kappa shape index (κ3) is 4.99. The van der Waals surface area contributed by atoms with Crippen LogP contribution in [0.4, 0.5) is 0 Å². The van der Waals surface area contributed by atoms with Crippen LogP contribution in [-0.4, -0.2) is 29.3 Å². The molecular weight excluding hydrogens is 256 g/mol. The summed E-state index contributed by atoms with van der Waals surface area (Å²) in [6, 6.07) is 7.78. The fourth-order valence-corrected chi connectivity index (χ4v) is 1.95. The van der Waals surface area contributed by atoms with Gasteiger partial charge in [-0.3, -0.25) is 19.9 Å². The van der Waals surface area contributed by atoms with E-state index < -0.39 is 0 Å². The number of nitrogens with two attached hydrogens (primary N) is 2. The number of carbonyl (C=O) groups excluding carboxylic acids is 2. The van der Waals surface area contributed by atoms with E-state index >= 15 is 0 Å². The van der Waals surface area contributed by atoms with Gasteiger partial charge < -0.3 is 5.73 Å². The van der Waals surface area contributed by atoms with E-state index in [0.29, 0.717) is 6.54 Å². The molecule has 5 N–H and O–H groups in total. The Morgan fingerprint density at radius 3 is 2.35 bits per heavy atom. The van der Waals surface area contributed by atoms with Crippen molar-refractivity contribution in [2.45, 2.75) is 32.9 Å². The summed E-state index contributed by atoms with van der Waals surface area (Å²) in [4.78, 5) is 24.5. The predicted octanol–water partition coefficient (Wildman–Crippen LogP) is -0.0853. The van der Waals surface area contributed by atoms with Gasteiger partial charge in [-0.15, -0.1) is 0 Å². The van der Waals surface area contributed by atoms with E-state index in [2.05, 4.69) is 5.43 Å². The molecule has 20 heavy (non-hydrogen) atoms. The van der Waals surface area contributed by atoms with Crippen LogP contribution >= 0.6 is 0 Å². The van der Waals surface area contributed by atoms with Crippen LogP contribution in [0.2, 0.25) is 0 Å². The van der Waals surface area contributed by atoms with Crippen molar-refractivity contribution < 1.29 is 9.59 Å². The molecule has 110 valence electrons. The lowest BCUT2D eigenvalue weighted by molar-refractivity contribution is -0.121. The van der Waals surface area contributed by atoms with Gasteiger partial charge in [0, 0.05) is 12.6 Å². The minimum Gasteiger partial charge on any atom is -0.369 e. The van der Waals surface area contributed by atoms with Crippen LogP contribution in [0.15, 0.2) is 24.3 Å². The summed E-state index contributed by atoms with van der Waals surface area (Å²) in [6.07, 6.45) is 0.217. The lowest BCUT2D eigenvalue weighted by Crippen LogP contribution is -2.38. The summed E-state index contributed by atoms with van der Waals surface area (Å²) < 4.78 is 0. The topological polar surface area (TPSA) is 101 Å². The van der Waals surface area contributed by atoms with Crippen molar-refractivity contribution in [2.75, 3.05) is 6.54 Å². The molecule has 0 radical (unpaired) electrons. The molecule has 0 aromatic heterocycles. The van der Waals surface area contributed by atoms with Gasteiger partial charge >= 0.3 is 0 Å². The maximum Gasteiger partial charge on any atom is 0.238 e. The minimum absolute atomic E-state index is 0.180. The fourth-order valence-electron chi connectivity index (χ4n) is 1.95. The maximum absolute atomic E-state index is 11.4. The lowest BCUT2D eigenvalue weighted by atomic mass is 10.0. The molecule has 1 aromatic carbocycles. The molecule has 1 aromatic rings. The Kier molecular flexibility index (Phi) is 6.14. The van der Waals surface area contributed by atoms with E-state index in [-0.39, 0.29) is 30.8 Å². The van der Waals surface area contributed by atoms with E-state index in [9.17, 15) is 9.59 Å². The molecule has 0 fully saturated rings. The van der Waals surface area contributed by atoms with E-state index in [4.69, 9.17) is 11.6 Å². The summed E-state index contributed by atoms with van der Waals surface area (Å²) in [7, 11) is 0. The Morgan fingerprint density at radius 1 is 1.25 bits per heavy atom. The SMILES string of the molecule is CC(C)N(CC(N)=O)Cc1ccccc1CC(=O)NN. The second-order valence-electron chi connectivity index (χ2n) is 4.98. The Bertz CT molecular complexity index is 474. The first kappa shape index (κ1) is 16.1. The van der Waals surface area contributed by atoms with Gasteiger partial charge in [0.2, 0.25) is 11.8 Å². The van der Waals surface area contributed by atoms with Crippen LogP contribution in [0.3, 0.4) is 0 Å². The molecule has 0 aliphatic rings. The van der Waals surface area contributed by atoms with Gasteiger partial charge in [0.15, 0.2) is 0 Å². The molecule has 0 aliphatic carbocycles. The van der Waals surface area contributed by atoms with Gasteiger partial charge in [0.25, 0.3) is 0 Å². The first-order valence-corrected chi connectivity index (χ1v) is 6.52. The molecule has 0 saturated heterocycles. The standard InChI is InChI=1S/C14H22N4O2/c1-10(2)18(9-13(15)19)8-12-6-4-3-5-11(12)7-14(20)17-16/h3-6,10H,7-9,16H2,1-2H3,(H2,15,19)(H,17,20). The number of nitrogens with one attached hydrogen (secondary N) is 1. The highest BCUT2D eigenvalue weighted by molar-refractivity contribution is 5.78. The Hall–Kier alpha value is -1.92. The minimum atomic E-state index is -0.365. The van der Waals surface area contributed by atoms with Crippen molar-refractivity contribution in [3.8, 4) is 0 Å². The van der Waals surface area contributed by atoms with Gasteiger partial charge in [-0.1, -0.05) is 24.3 Å². The lowest BCUT2D eigenvalue weighted by Gasteiger charge is -2.26. The number of hydrazine groups is 1. The molecule has 0 heterocycles. The second-order valence-corrected chi connectivity index (χ2v) is 4.98. The van der Waals surface area contributed by atoms with Crippen LogP contribution in [0.25, 0.3) is 0 Å². The van der Waals surface area contributed by atoms with Gasteiger partial charge in [-0.25, -0.2) is 5.84 Å². The summed E-state index contributed by atoms with van der Waals surface area (Å²) in [6.45, 7) is 4.75. The van der Waals surface area contributed by atoms with E-state index in [1.54, 1.807) is 0 Å². The number of hydrogen-bond donors (Lipinski definition) is 3. The van der Waals surface area contributed by atoms with Crippen molar-refractivity contribution >= 4 is 11.8 Å². The van der Waals surface area contributed by atoms with E-state index in [1.807, 2.05) is 43.0 Å². The molecule has 6 heteroatoms. The number of amides is 2. The van der Waals surface area contributed by atoms with Crippen molar-refractivity contribution in [2.24, 2.45) is 11.6 Å². The predicted molar refractivity (Wildman–Crippen MR) is 77.2 cm³/mol. The Labute approximate surface area is 119 Å². The number of primary amides is 1. The van der Waals surface area contributed by atoms with Crippen molar-refractivity contribution in [1.82, 2.24) is 10.3 Å². The van der Waals surface area contributed by atoms with E-state index in [1.165, 1.54) is 0 Å². The number of rotatable bonds is 7. The molecule has 0 spiro atoms. The third-order valence-corrected chi connectivity index (χ3v) is 3.09. The molecule has 0 aliphatic heterocycles. The number of nitrogens with zero attached hydrogens (tertiary/aromatic N) is 1. The van der Waals surface area contributed by atoms with Crippen LogP contribution in [-0.2, 0) is 22.6 Å². The average molecular weight is 278 g/mol. The molecule has 1 rings (SSSR count). The van der Waals surface area contributed by atoms with Crippen LogP contribution in [0, 0.1) is 0 Å². The zero-order valence-electron chi connectivity index (χ0n) is 11.9. The van der Waals surface area contributed by atoms with Crippen LogP contribution in [0.5, 0.6) is 0 Å². The summed E-state index contributed by atoms with van der Waals surface area (Å²) in [5.41, 5.74) is 9.27. The van der Waals surface area contributed by atoms with Crippen molar-refractivity contribution in [1.29, 1.82) is 0 Å². The van der Waals surface area contributed by atoms with Crippen molar-refractivity contribution in [3.63, 3.8) is 0 Å². The summed E-state index contributed by atoms with van der Waals surface area (Å²) in [5, 5.41) is 0. The van der Waals surface area contributed by atoms with Gasteiger partial charge in [0.05, 0.1) is 13.0 Å². The molecule has 0 bridgehead atoms. The number of hydrogen-bond acceptors (Lipinski definition) is 4. The third-order valence-electron chi connectivity index (χ3n) is 3.09. The summed E-state index contributed by atoms with van der Waals surface area (Å²) in [5.74, 6) is 4.50. The first-order valence-electron chi connectivity index (χ1n) is 6.52. The molecular formula is C14H22N4O2. The zero-order chi connectivity index (χ0) is 15.1. The van der Waals surface area contributed by atoms with E-state index in [0.717, 1.165) is 11.1 Å². The first-order chi connectivity index (χ1) is 9.43. The fraction of sp³-hybridized carbons (Fsp3) is 0.429. The second kappa shape index (κ2) is 7.62. The number of carbonyl (C=O) groups is 2. The Morgan fingerprint density at radius 2 is 1.85 bits per heavy atom. The summed E-state index contributed by atoms with van der Waals surface area (Å²) >= 11 is 0. The molecule has 0 saturated carbocycles. The molecule has 6 nitrogen and oxygen atoms in total. The highest BCUT2D eigenvalue weighted by atomic mass is 16.2. The highest BCUT2D eigenvalue weighted by Crippen LogP contribution is 2.14. The largest absolute Gasteiger partial charge is 0.369 e. The van der Waals surface area contributed by atoms with Crippen LogP contribution < -0.4 is 17.0 Å². The van der Waals surface area contributed by atoms with Crippen molar-refractivity contribution in [3.05, 3.63) is 35.4 Å². The normalized spacial score (nSPS) is 10.8. The zero-order valence-corrected chi connectivity index (χ0v) is 11.9. The molecule has 0 unspecified atom stereocenters. The van der Waals surface area contributed by atoms with Gasteiger partial charge in [0.1, 0.15) is 0 Å². The molecule has 2 amide bonds. The Balaban J connectivity index is 2.89. The quantitative estimate of drug-likeness (QED) is 0.369. The maximum atomic E-state index is 11.4. The monoisotopic (exact) mass is 278 g/mol. The smallest absolute Gasteiger partial charge is 0.238 e. The highest BCUT2D eigenvalue weighted by Gasteiger charge is 2.15.